The summed E-state index contributed by atoms with van der Waals surface area (Å²) < 4.78 is 0. The molecule has 106 valence electrons. The molecule has 21 heavy (non-hydrogen) atoms. The van der Waals surface area contributed by atoms with Crippen LogP contribution in [-0.2, 0) is 0 Å². The molecule has 3 N–H and O–H groups in total. The Hall–Kier alpha value is -2.98. The molecule has 7 nitrogen and oxygen atoms in total. The second kappa shape index (κ2) is 6.98. The highest BCUT2D eigenvalue weighted by atomic mass is 16.2. The standard InChI is InChI=1S/C14H14N6O/c15-9-4-10-20(11-5-2-1-3-6-11)14(21)12-7-8-13(17-16)19-18-12/h1-3,5-8H,4,10,16H2,(H,17,19). The number of rotatable bonds is 5. The van der Waals surface area contributed by atoms with Gasteiger partial charge in [-0.2, -0.15) is 5.26 Å². The maximum atomic E-state index is 12.5. The number of nitrogen functional groups attached to an aromatic ring is 1. The first-order valence-corrected chi connectivity index (χ1v) is 6.30. The molecule has 0 bridgehead atoms. The molecule has 2 rings (SSSR count). The van der Waals surface area contributed by atoms with E-state index >= 15 is 0 Å². The van der Waals surface area contributed by atoms with Gasteiger partial charge in [-0.25, -0.2) is 5.84 Å². The second-order valence-electron chi connectivity index (χ2n) is 4.15. The lowest BCUT2D eigenvalue weighted by Gasteiger charge is -2.21. The predicted octanol–water partition coefficient (Wildman–Crippen LogP) is 1.32. The van der Waals surface area contributed by atoms with E-state index in [0.717, 1.165) is 0 Å². The molecule has 0 fully saturated rings. The molecule has 0 radical (unpaired) electrons. The van der Waals surface area contributed by atoms with E-state index in [9.17, 15) is 4.79 Å². The fraction of sp³-hybridized carbons (Fsp3) is 0.143. The number of amides is 1. The number of aromatic nitrogens is 2. The van der Waals surface area contributed by atoms with Crippen LogP contribution in [0.25, 0.3) is 0 Å². The Morgan fingerprint density at radius 2 is 2.00 bits per heavy atom. The minimum Gasteiger partial charge on any atom is -0.307 e. The predicted molar refractivity (Wildman–Crippen MR) is 78.2 cm³/mol. The Kier molecular flexibility index (Phi) is 4.79. The molecule has 0 atom stereocenters. The Bertz CT molecular complexity index is 635. The number of hydrogen-bond donors (Lipinski definition) is 2. The zero-order valence-corrected chi connectivity index (χ0v) is 11.2. The summed E-state index contributed by atoms with van der Waals surface area (Å²) in [7, 11) is 0. The van der Waals surface area contributed by atoms with E-state index in [1.807, 2.05) is 24.3 Å². The lowest BCUT2D eigenvalue weighted by Crippen LogP contribution is -2.32. The lowest BCUT2D eigenvalue weighted by molar-refractivity contribution is 0.0982. The van der Waals surface area contributed by atoms with Gasteiger partial charge in [0.2, 0.25) is 0 Å². The van der Waals surface area contributed by atoms with Crippen molar-refractivity contribution in [1.82, 2.24) is 10.2 Å². The molecule has 0 unspecified atom stereocenters. The normalized spacial score (nSPS) is 9.71. The van der Waals surface area contributed by atoms with E-state index in [1.165, 1.54) is 11.0 Å². The molecule has 0 aliphatic carbocycles. The fourth-order valence-corrected chi connectivity index (χ4v) is 1.78. The van der Waals surface area contributed by atoms with Gasteiger partial charge in [0, 0.05) is 12.2 Å². The lowest BCUT2D eigenvalue weighted by atomic mass is 10.2. The maximum Gasteiger partial charge on any atom is 0.278 e. The maximum absolute atomic E-state index is 12.5. The van der Waals surface area contributed by atoms with Crippen molar-refractivity contribution in [3.8, 4) is 6.07 Å². The van der Waals surface area contributed by atoms with Crippen LogP contribution in [0.5, 0.6) is 0 Å². The first kappa shape index (κ1) is 14.4. The number of carbonyl (C=O) groups excluding carboxylic acids is 1. The summed E-state index contributed by atoms with van der Waals surface area (Å²) in [6.45, 7) is 0.290. The molecule has 1 aromatic carbocycles. The quantitative estimate of drug-likeness (QED) is 0.632. The van der Waals surface area contributed by atoms with Gasteiger partial charge in [0.05, 0.1) is 12.5 Å². The van der Waals surface area contributed by atoms with Crippen LogP contribution < -0.4 is 16.2 Å². The highest BCUT2D eigenvalue weighted by Gasteiger charge is 2.19. The minimum atomic E-state index is -0.312. The third-order valence-corrected chi connectivity index (χ3v) is 2.79. The van der Waals surface area contributed by atoms with E-state index in [0.29, 0.717) is 11.5 Å². The largest absolute Gasteiger partial charge is 0.307 e. The van der Waals surface area contributed by atoms with Gasteiger partial charge in [0.25, 0.3) is 5.91 Å². The topological polar surface area (TPSA) is 108 Å². The molecular weight excluding hydrogens is 268 g/mol. The molecule has 0 aliphatic heterocycles. The Morgan fingerprint density at radius 1 is 1.24 bits per heavy atom. The first-order valence-electron chi connectivity index (χ1n) is 6.30. The number of nitrogens with two attached hydrogens (primary N) is 1. The van der Waals surface area contributed by atoms with Crippen LogP contribution >= 0.6 is 0 Å². The Morgan fingerprint density at radius 3 is 2.57 bits per heavy atom. The summed E-state index contributed by atoms with van der Waals surface area (Å²) in [4.78, 5) is 14.0. The number of hydrazine groups is 1. The summed E-state index contributed by atoms with van der Waals surface area (Å²) >= 11 is 0. The minimum absolute atomic E-state index is 0.191. The first-order chi connectivity index (χ1) is 10.3. The van der Waals surface area contributed by atoms with Crippen molar-refractivity contribution >= 4 is 17.4 Å². The van der Waals surface area contributed by atoms with Crippen molar-refractivity contribution in [3.05, 3.63) is 48.2 Å². The molecule has 7 heteroatoms. The van der Waals surface area contributed by atoms with Crippen molar-refractivity contribution in [2.45, 2.75) is 6.42 Å². The number of anilines is 2. The number of benzene rings is 1. The molecule has 0 saturated carbocycles. The van der Waals surface area contributed by atoms with Crippen LogP contribution in [-0.4, -0.2) is 22.6 Å². The van der Waals surface area contributed by atoms with Crippen LogP contribution in [0.4, 0.5) is 11.5 Å². The van der Waals surface area contributed by atoms with Gasteiger partial charge < -0.3 is 10.3 Å². The van der Waals surface area contributed by atoms with Crippen LogP contribution in [0.15, 0.2) is 42.5 Å². The summed E-state index contributed by atoms with van der Waals surface area (Å²) in [5.41, 5.74) is 3.25. The van der Waals surface area contributed by atoms with Gasteiger partial charge >= 0.3 is 0 Å². The monoisotopic (exact) mass is 282 g/mol. The average molecular weight is 282 g/mol. The summed E-state index contributed by atoms with van der Waals surface area (Å²) in [5.74, 6) is 5.27. The summed E-state index contributed by atoms with van der Waals surface area (Å²) in [5, 5.41) is 16.4. The second-order valence-corrected chi connectivity index (χ2v) is 4.15. The van der Waals surface area contributed by atoms with Gasteiger partial charge in [0.15, 0.2) is 11.5 Å². The number of nitrogens with one attached hydrogen (secondary N) is 1. The van der Waals surface area contributed by atoms with E-state index in [1.54, 1.807) is 18.2 Å². The van der Waals surface area contributed by atoms with Crippen molar-refractivity contribution in [2.75, 3.05) is 16.9 Å². The van der Waals surface area contributed by atoms with Crippen molar-refractivity contribution in [2.24, 2.45) is 5.84 Å². The molecule has 0 spiro atoms. The Labute approximate surface area is 122 Å². The van der Waals surface area contributed by atoms with Gasteiger partial charge in [-0.05, 0) is 24.3 Å². The molecule has 1 heterocycles. The van der Waals surface area contributed by atoms with Crippen LogP contribution in [0, 0.1) is 11.3 Å². The molecule has 2 aromatic rings. The van der Waals surface area contributed by atoms with E-state index < -0.39 is 0 Å². The number of nitrogens with zero attached hydrogens (tertiary/aromatic N) is 4. The van der Waals surface area contributed by atoms with Crippen molar-refractivity contribution < 1.29 is 4.79 Å². The SMILES string of the molecule is N#CCCN(C(=O)c1ccc(NN)nn1)c1ccccc1. The molecule has 1 aromatic heterocycles. The third-order valence-electron chi connectivity index (χ3n) is 2.79. The van der Waals surface area contributed by atoms with Gasteiger partial charge in [-0.15, -0.1) is 10.2 Å². The number of para-hydroxylation sites is 1. The highest BCUT2D eigenvalue weighted by molar-refractivity contribution is 6.04. The van der Waals surface area contributed by atoms with Crippen LogP contribution in [0.1, 0.15) is 16.9 Å². The van der Waals surface area contributed by atoms with Crippen LogP contribution in [0.2, 0.25) is 0 Å². The Balaban J connectivity index is 2.27. The fourth-order valence-electron chi connectivity index (χ4n) is 1.78. The van der Waals surface area contributed by atoms with Crippen molar-refractivity contribution in [1.29, 1.82) is 5.26 Å². The number of carbonyl (C=O) groups is 1. The number of hydrogen-bond acceptors (Lipinski definition) is 6. The average Bonchev–Trinajstić information content (AvgIpc) is 2.56. The molecule has 0 aliphatic rings. The third kappa shape index (κ3) is 3.52. The van der Waals surface area contributed by atoms with E-state index in [2.05, 4.69) is 15.6 Å². The van der Waals surface area contributed by atoms with E-state index in [4.69, 9.17) is 11.1 Å². The smallest absolute Gasteiger partial charge is 0.278 e. The summed E-state index contributed by atoms with van der Waals surface area (Å²) in [6.07, 6.45) is 0.233. The van der Waals surface area contributed by atoms with Crippen LogP contribution in [0.3, 0.4) is 0 Å². The van der Waals surface area contributed by atoms with Gasteiger partial charge in [-0.3, -0.25) is 4.79 Å². The zero-order chi connectivity index (χ0) is 15.1. The molecular formula is C14H14N6O. The van der Waals surface area contributed by atoms with Gasteiger partial charge in [-0.1, -0.05) is 18.2 Å². The van der Waals surface area contributed by atoms with E-state index in [-0.39, 0.29) is 24.6 Å². The summed E-state index contributed by atoms with van der Waals surface area (Å²) in [6, 6.07) is 14.3. The zero-order valence-electron chi connectivity index (χ0n) is 11.2. The van der Waals surface area contributed by atoms with Gasteiger partial charge in [0.1, 0.15) is 0 Å². The van der Waals surface area contributed by atoms with Crippen molar-refractivity contribution in [3.63, 3.8) is 0 Å². The highest BCUT2D eigenvalue weighted by Crippen LogP contribution is 2.16. The molecule has 1 amide bonds. The molecule has 0 saturated heterocycles. The number of nitriles is 1.